The highest BCUT2D eigenvalue weighted by Gasteiger charge is 2.51. The molecule has 2 atom stereocenters. The molecular weight excluding hydrogens is 328 g/mol. The standard InChI is InChI=1S/C21H30N2O3/c1-16-9-17(11-22-10-16)13-26-15-21-6-2-3-19(21)12-23(14-21)20(24)18-4-7-25-8-5-18/h9-11,18-19H,2-8,12-15H2,1H3/t19-,21+/m0/s1. The van der Waals surface area contributed by atoms with Crippen LogP contribution in [0.15, 0.2) is 18.5 Å². The van der Waals surface area contributed by atoms with Crippen molar-refractivity contribution in [2.24, 2.45) is 17.3 Å². The Morgan fingerprint density at radius 2 is 2.19 bits per heavy atom. The van der Waals surface area contributed by atoms with Crippen LogP contribution in [0.3, 0.4) is 0 Å². The van der Waals surface area contributed by atoms with Crippen molar-refractivity contribution in [1.29, 1.82) is 0 Å². The van der Waals surface area contributed by atoms with Crippen molar-refractivity contribution in [2.45, 2.75) is 45.6 Å². The summed E-state index contributed by atoms with van der Waals surface area (Å²) < 4.78 is 11.6. The molecule has 3 aliphatic rings. The Balaban J connectivity index is 1.36. The van der Waals surface area contributed by atoms with Gasteiger partial charge in [-0.05, 0) is 49.7 Å². The number of ether oxygens (including phenoxy) is 2. The molecular formula is C21H30N2O3. The molecule has 5 heteroatoms. The van der Waals surface area contributed by atoms with E-state index in [0.717, 1.165) is 56.9 Å². The Morgan fingerprint density at radius 1 is 1.35 bits per heavy atom. The Bertz CT molecular complexity index is 644. The van der Waals surface area contributed by atoms with Gasteiger partial charge < -0.3 is 14.4 Å². The highest BCUT2D eigenvalue weighted by Crippen LogP contribution is 2.49. The minimum atomic E-state index is 0.165. The molecule has 3 fully saturated rings. The van der Waals surface area contributed by atoms with Crippen molar-refractivity contribution < 1.29 is 14.3 Å². The predicted molar refractivity (Wildman–Crippen MR) is 98.5 cm³/mol. The van der Waals surface area contributed by atoms with E-state index in [2.05, 4.69) is 22.9 Å². The predicted octanol–water partition coefficient (Wildman–Crippen LogP) is 2.96. The molecule has 1 aliphatic carbocycles. The molecule has 0 bridgehead atoms. The molecule has 2 aliphatic heterocycles. The third kappa shape index (κ3) is 3.65. The van der Waals surface area contributed by atoms with Gasteiger partial charge in [-0.1, -0.05) is 12.5 Å². The number of amides is 1. The van der Waals surface area contributed by atoms with Crippen molar-refractivity contribution in [3.63, 3.8) is 0 Å². The van der Waals surface area contributed by atoms with Crippen LogP contribution in [-0.2, 0) is 20.9 Å². The molecule has 1 aromatic heterocycles. The van der Waals surface area contributed by atoms with Crippen molar-refractivity contribution in [3.05, 3.63) is 29.6 Å². The first kappa shape index (κ1) is 17.9. The Hall–Kier alpha value is -1.46. The minimum absolute atomic E-state index is 0.165. The number of pyridine rings is 1. The van der Waals surface area contributed by atoms with Crippen LogP contribution < -0.4 is 0 Å². The quantitative estimate of drug-likeness (QED) is 0.812. The summed E-state index contributed by atoms with van der Waals surface area (Å²) in [6.07, 6.45) is 9.18. The summed E-state index contributed by atoms with van der Waals surface area (Å²) in [7, 11) is 0. The molecule has 0 unspecified atom stereocenters. The summed E-state index contributed by atoms with van der Waals surface area (Å²) in [5.41, 5.74) is 2.46. The summed E-state index contributed by atoms with van der Waals surface area (Å²) in [6.45, 7) is 6.67. The van der Waals surface area contributed by atoms with Gasteiger partial charge in [0.05, 0.1) is 13.2 Å². The van der Waals surface area contributed by atoms with Gasteiger partial charge in [0, 0.05) is 50.0 Å². The van der Waals surface area contributed by atoms with Crippen LogP contribution in [0.5, 0.6) is 0 Å². The lowest BCUT2D eigenvalue weighted by Crippen LogP contribution is -2.39. The maximum Gasteiger partial charge on any atom is 0.225 e. The third-order valence-electron chi connectivity index (χ3n) is 6.51. The SMILES string of the molecule is Cc1cncc(COC[C@]23CCC[C@H]2CN(C(=O)C2CCOCC2)C3)c1. The van der Waals surface area contributed by atoms with E-state index in [-0.39, 0.29) is 11.3 Å². The summed E-state index contributed by atoms with van der Waals surface area (Å²) in [5, 5.41) is 0. The second-order valence-electron chi connectivity index (χ2n) is 8.42. The monoisotopic (exact) mass is 358 g/mol. The van der Waals surface area contributed by atoms with Crippen LogP contribution in [0.4, 0.5) is 0 Å². The number of hydrogen-bond donors (Lipinski definition) is 0. The van der Waals surface area contributed by atoms with E-state index in [1.165, 1.54) is 19.3 Å². The first-order valence-corrected chi connectivity index (χ1v) is 10.0. The van der Waals surface area contributed by atoms with Crippen LogP contribution in [-0.4, -0.2) is 48.7 Å². The fourth-order valence-corrected chi connectivity index (χ4v) is 5.09. The van der Waals surface area contributed by atoms with Gasteiger partial charge >= 0.3 is 0 Å². The summed E-state index contributed by atoms with van der Waals surface area (Å²) in [4.78, 5) is 19.3. The largest absolute Gasteiger partial charge is 0.381 e. The summed E-state index contributed by atoms with van der Waals surface area (Å²) in [6, 6.07) is 2.13. The lowest BCUT2D eigenvalue weighted by molar-refractivity contribution is -0.138. The molecule has 3 heterocycles. The number of likely N-dealkylation sites (tertiary alicyclic amines) is 1. The summed E-state index contributed by atoms with van der Waals surface area (Å²) >= 11 is 0. The highest BCUT2D eigenvalue weighted by atomic mass is 16.5. The molecule has 1 saturated carbocycles. The van der Waals surface area contributed by atoms with E-state index in [1.54, 1.807) is 0 Å². The zero-order valence-electron chi connectivity index (χ0n) is 15.8. The highest BCUT2D eigenvalue weighted by molar-refractivity contribution is 5.79. The van der Waals surface area contributed by atoms with E-state index < -0.39 is 0 Å². The van der Waals surface area contributed by atoms with E-state index >= 15 is 0 Å². The van der Waals surface area contributed by atoms with Crippen molar-refractivity contribution in [2.75, 3.05) is 32.9 Å². The molecule has 0 aromatic carbocycles. The van der Waals surface area contributed by atoms with E-state index in [4.69, 9.17) is 9.47 Å². The number of aryl methyl sites for hydroxylation is 1. The molecule has 5 nitrogen and oxygen atoms in total. The van der Waals surface area contributed by atoms with Crippen molar-refractivity contribution >= 4 is 5.91 Å². The van der Waals surface area contributed by atoms with Gasteiger partial charge in [0.2, 0.25) is 5.91 Å². The molecule has 2 saturated heterocycles. The number of carbonyl (C=O) groups is 1. The fourth-order valence-electron chi connectivity index (χ4n) is 5.09. The molecule has 142 valence electrons. The van der Waals surface area contributed by atoms with Gasteiger partial charge in [0.15, 0.2) is 0 Å². The minimum Gasteiger partial charge on any atom is -0.381 e. The molecule has 1 aromatic rings. The molecule has 1 amide bonds. The Morgan fingerprint density at radius 3 is 3.00 bits per heavy atom. The van der Waals surface area contributed by atoms with E-state index in [0.29, 0.717) is 18.4 Å². The third-order valence-corrected chi connectivity index (χ3v) is 6.51. The first-order valence-electron chi connectivity index (χ1n) is 10.0. The van der Waals surface area contributed by atoms with Crippen LogP contribution in [0.1, 0.15) is 43.2 Å². The molecule has 26 heavy (non-hydrogen) atoms. The topological polar surface area (TPSA) is 51.7 Å². The van der Waals surface area contributed by atoms with Crippen LogP contribution in [0.25, 0.3) is 0 Å². The maximum absolute atomic E-state index is 12.9. The van der Waals surface area contributed by atoms with Crippen LogP contribution in [0.2, 0.25) is 0 Å². The zero-order valence-corrected chi connectivity index (χ0v) is 15.8. The number of hydrogen-bond acceptors (Lipinski definition) is 4. The molecule has 4 rings (SSSR count). The Labute approximate surface area is 156 Å². The normalized spacial score (nSPS) is 29.1. The van der Waals surface area contributed by atoms with Crippen molar-refractivity contribution in [1.82, 2.24) is 9.88 Å². The maximum atomic E-state index is 12.9. The van der Waals surface area contributed by atoms with Gasteiger partial charge in [0.1, 0.15) is 0 Å². The molecule has 0 N–H and O–H groups in total. The number of rotatable bonds is 5. The van der Waals surface area contributed by atoms with E-state index in [9.17, 15) is 4.79 Å². The smallest absolute Gasteiger partial charge is 0.225 e. The zero-order chi connectivity index (χ0) is 18.0. The fraction of sp³-hybridized carbons (Fsp3) is 0.714. The number of nitrogens with zero attached hydrogens (tertiary/aromatic N) is 2. The summed E-state index contributed by atoms with van der Waals surface area (Å²) in [5.74, 6) is 1.12. The van der Waals surface area contributed by atoms with Gasteiger partial charge in [0.25, 0.3) is 0 Å². The second-order valence-corrected chi connectivity index (χ2v) is 8.42. The van der Waals surface area contributed by atoms with Crippen molar-refractivity contribution in [3.8, 4) is 0 Å². The lowest BCUT2D eigenvalue weighted by Gasteiger charge is -2.30. The van der Waals surface area contributed by atoms with Gasteiger partial charge in [-0.25, -0.2) is 0 Å². The molecule has 0 radical (unpaired) electrons. The first-order chi connectivity index (χ1) is 12.7. The second kappa shape index (κ2) is 7.65. The average molecular weight is 358 g/mol. The van der Waals surface area contributed by atoms with Crippen LogP contribution >= 0.6 is 0 Å². The number of aromatic nitrogens is 1. The van der Waals surface area contributed by atoms with Gasteiger partial charge in [-0.3, -0.25) is 9.78 Å². The van der Waals surface area contributed by atoms with Gasteiger partial charge in [-0.2, -0.15) is 0 Å². The van der Waals surface area contributed by atoms with E-state index in [1.807, 2.05) is 12.4 Å². The lowest BCUT2D eigenvalue weighted by atomic mass is 9.81. The molecule has 0 spiro atoms. The van der Waals surface area contributed by atoms with Gasteiger partial charge in [-0.15, -0.1) is 0 Å². The number of fused-ring (bicyclic) bond motifs is 1. The average Bonchev–Trinajstić information content (AvgIpc) is 3.19. The Kier molecular flexibility index (Phi) is 5.28. The number of carbonyl (C=O) groups excluding carboxylic acids is 1. The van der Waals surface area contributed by atoms with Crippen LogP contribution in [0, 0.1) is 24.2 Å².